The second kappa shape index (κ2) is 5.32. The van der Waals surface area contributed by atoms with Gasteiger partial charge < -0.3 is 5.32 Å². The summed E-state index contributed by atoms with van der Waals surface area (Å²) in [5.41, 5.74) is 2.26. The highest BCUT2D eigenvalue weighted by molar-refractivity contribution is 9.10. The van der Waals surface area contributed by atoms with E-state index in [4.69, 9.17) is 0 Å². The predicted octanol–water partition coefficient (Wildman–Crippen LogP) is 4.33. The summed E-state index contributed by atoms with van der Waals surface area (Å²) in [6.45, 7) is 4.13. The van der Waals surface area contributed by atoms with Crippen molar-refractivity contribution in [2.45, 2.75) is 19.9 Å². The van der Waals surface area contributed by atoms with E-state index in [0.29, 0.717) is 0 Å². The Labute approximate surface area is 110 Å². The highest BCUT2D eigenvalue weighted by Gasteiger charge is 2.06. The van der Waals surface area contributed by atoms with Crippen molar-refractivity contribution in [1.29, 1.82) is 0 Å². The Morgan fingerprint density at radius 3 is 2.65 bits per heavy atom. The Morgan fingerprint density at radius 1 is 1.18 bits per heavy atom. The van der Waals surface area contributed by atoms with E-state index in [1.165, 1.54) is 5.56 Å². The van der Waals surface area contributed by atoms with E-state index in [9.17, 15) is 0 Å². The van der Waals surface area contributed by atoms with Crippen LogP contribution in [0.1, 0.15) is 24.2 Å². The molecule has 1 atom stereocenters. The highest BCUT2D eigenvalue weighted by atomic mass is 79.9. The third-order valence-electron chi connectivity index (χ3n) is 2.60. The average Bonchev–Trinajstić information content (AvgIpc) is 2.29. The van der Waals surface area contributed by atoms with E-state index >= 15 is 0 Å². The molecule has 0 saturated carbocycles. The first-order valence-electron chi connectivity index (χ1n) is 5.61. The molecule has 2 nitrogen and oxygen atoms in total. The van der Waals surface area contributed by atoms with Crippen LogP contribution in [0, 0.1) is 6.92 Å². The number of nitrogens with zero attached hydrogens (tertiary/aromatic N) is 1. The van der Waals surface area contributed by atoms with E-state index in [-0.39, 0.29) is 6.04 Å². The number of pyridine rings is 1. The molecule has 1 N–H and O–H groups in total. The molecule has 17 heavy (non-hydrogen) atoms. The molecule has 0 spiro atoms. The molecule has 3 heteroatoms. The minimum Gasteiger partial charge on any atom is -0.364 e. The van der Waals surface area contributed by atoms with Crippen LogP contribution in [0.4, 0.5) is 5.82 Å². The molecule has 0 amide bonds. The van der Waals surface area contributed by atoms with Gasteiger partial charge in [-0.05, 0) is 43.7 Å². The molecule has 0 aliphatic heterocycles. The second-order valence-corrected chi connectivity index (χ2v) is 5.00. The summed E-state index contributed by atoms with van der Waals surface area (Å²) in [5.74, 6) is 0.914. The van der Waals surface area contributed by atoms with Crippen LogP contribution in [0.25, 0.3) is 0 Å². The zero-order valence-electron chi connectivity index (χ0n) is 9.94. The van der Waals surface area contributed by atoms with Crippen LogP contribution < -0.4 is 5.32 Å². The third kappa shape index (κ3) is 3.30. The van der Waals surface area contributed by atoms with Gasteiger partial charge in [0.2, 0.25) is 0 Å². The molecule has 0 bridgehead atoms. The van der Waals surface area contributed by atoms with Gasteiger partial charge in [0.15, 0.2) is 0 Å². The molecule has 1 aromatic carbocycles. The number of hydrogen-bond acceptors (Lipinski definition) is 2. The molecule has 0 fully saturated rings. The summed E-state index contributed by atoms with van der Waals surface area (Å²) in [6, 6.07) is 14.5. The van der Waals surface area contributed by atoms with Gasteiger partial charge in [0.25, 0.3) is 0 Å². The molecule has 0 aliphatic carbocycles. The Hall–Kier alpha value is -1.35. The Balaban J connectivity index is 2.14. The van der Waals surface area contributed by atoms with Crippen LogP contribution in [-0.2, 0) is 0 Å². The zero-order chi connectivity index (χ0) is 12.3. The summed E-state index contributed by atoms with van der Waals surface area (Å²) >= 11 is 3.48. The van der Waals surface area contributed by atoms with Gasteiger partial charge in [0, 0.05) is 16.2 Å². The minimum atomic E-state index is 0.238. The van der Waals surface area contributed by atoms with Gasteiger partial charge in [-0.2, -0.15) is 0 Å². The van der Waals surface area contributed by atoms with Crippen LogP contribution in [0.2, 0.25) is 0 Å². The Bertz CT molecular complexity index is 511. The first kappa shape index (κ1) is 12.1. The van der Waals surface area contributed by atoms with Gasteiger partial charge in [-0.25, -0.2) is 4.98 Å². The van der Waals surface area contributed by atoms with Crippen molar-refractivity contribution in [3.63, 3.8) is 0 Å². The Kier molecular flexibility index (Phi) is 3.79. The molecule has 0 saturated heterocycles. The quantitative estimate of drug-likeness (QED) is 0.910. The third-order valence-corrected chi connectivity index (χ3v) is 3.09. The summed E-state index contributed by atoms with van der Waals surface area (Å²) in [7, 11) is 0. The lowest BCUT2D eigenvalue weighted by Crippen LogP contribution is -2.08. The van der Waals surface area contributed by atoms with Crippen LogP contribution in [-0.4, -0.2) is 4.98 Å². The standard InChI is InChI=1S/C14H15BrN2/c1-10-5-3-8-14(16-10)17-11(2)12-6-4-7-13(15)9-12/h3-9,11H,1-2H3,(H,16,17). The number of nitrogens with one attached hydrogen (secondary N) is 1. The van der Waals surface area contributed by atoms with Gasteiger partial charge in [0.05, 0.1) is 0 Å². The number of rotatable bonds is 3. The van der Waals surface area contributed by atoms with E-state index < -0.39 is 0 Å². The highest BCUT2D eigenvalue weighted by Crippen LogP contribution is 2.21. The topological polar surface area (TPSA) is 24.9 Å². The summed E-state index contributed by atoms with van der Waals surface area (Å²) in [5, 5.41) is 3.39. The molecule has 1 unspecified atom stereocenters. The van der Waals surface area contributed by atoms with E-state index in [1.807, 2.05) is 37.3 Å². The fraction of sp³-hybridized carbons (Fsp3) is 0.214. The molecule has 88 valence electrons. The van der Waals surface area contributed by atoms with Crippen LogP contribution in [0.5, 0.6) is 0 Å². The number of benzene rings is 1. The first-order valence-corrected chi connectivity index (χ1v) is 6.40. The van der Waals surface area contributed by atoms with Crippen molar-refractivity contribution in [2.75, 3.05) is 5.32 Å². The maximum absolute atomic E-state index is 4.44. The monoisotopic (exact) mass is 290 g/mol. The number of anilines is 1. The number of aromatic nitrogens is 1. The van der Waals surface area contributed by atoms with E-state index in [2.05, 4.69) is 45.3 Å². The predicted molar refractivity (Wildman–Crippen MR) is 75.2 cm³/mol. The van der Waals surface area contributed by atoms with Crippen molar-refractivity contribution in [1.82, 2.24) is 4.98 Å². The van der Waals surface area contributed by atoms with Crippen molar-refractivity contribution in [3.05, 3.63) is 58.2 Å². The molecule has 0 radical (unpaired) electrons. The fourth-order valence-electron chi connectivity index (χ4n) is 1.70. The van der Waals surface area contributed by atoms with Gasteiger partial charge in [-0.15, -0.1) is 0 Å². The van der Waals surface area contributed by atoms with Gasteiger partial charge >= 0.3 is 0 Å². The largest absolute Gasteiger partial charge is 0.364 e. The van der Waals surface area contributed by atoms with Crippen molar-refractivity contribution in [2.24, 2.45) is 0 Å². The van der Waals surface area contributed by atoms with Gasteiger partial charge in [0.1, 0.15) is 5.82 Å². The van der Waals surface area contributed by atoms with Crippen molar-refractivity contribution in [3.8, 4) is 0 Å². The minimum absolute atomic E-state index is 0.238. The molecule has 1 heterocycles. The SMILES string of the molecule is Cc1cccc(NC(C)c2cccc(Br)c2)n1. The van der Waals surface area contributed by atoms with Crippen LogP contribution in [0.3, 0.4) is 0 Å². The second-order valence-electron chi connectivity index (χ2n) is 4.09. The number of aryl methyl sites for hydroxylation is 1. The fourth-order valence-corrected chi connectivity index (χ4v) is 2.12. The van der Waals surface area contributed by atoms with Crippen LogP contribution in [0.15, 0.2) is 46.9 Å². The molecule has 0 aliphatic rings. The zero-order valence-corrected chi connectivity index (χ0v) is 11.5. The lowest BCUT2D eigenvalue weighted by Gasteiger charge is -2.15. The molecular formula is C14H15BrN2. The smallest absolute Gasteiger partial charge is 0.126 e. The molecule has 2 aromatic rings. The lowest BCUT2D eigenvalue weighted by molar-refractivity contribution is 0.871. The first-order chi connectivity index (χ1) is 8.15. The molecule has 2 rings (SSSR count). The van der Waals surface area contributed by atoms with E-state index in [1.54, 1.807) is 0 Å². The average molecular weight is 291 g/mol. The van der Waals surface area contributed by atoms with E-state index in [0.717, 1.165) is 16.0 Å². The Morgan fingerprint density at radius 2 is 1.94 bits per heavy atom. The molecule has 1 aromatic heterocycles. The lowest BCUT2D eigenvalue weighted by atomic mass is 10.1. The van der Waals surface area contributed by atoms with Gasteiger partial charge in [-0.3, -0.25) is 0 Å². The molecular weight excluding hydrogens is 276 g/mol. The van der Waals surface area contributed by atoms with Crippen LogP contribution >= 0.6 is 15.9 Å². The summed E-state index contributed by atoms with van der Waals surface area (Å²) in [4.78, 5) is 4.44. The van der Waals surface area contributed by atoms with Crippen molar-refractivity contribution >= 4 is 21.7 Å². The maximum atomic E-state index is 4.44. The number of hydrogen-bond donors (Lipinski definition) is 1. The summed E-state index contributed by atoms with van der Waals surface area (Å²) in [6.07, 6.45) is 0. The maximum Gasteiger partial charge on any atom is 0.126 e. The van der Waals surface area contributed by atoms with Gasteiger partial charge in [-0.1, -0.05) is 34.1 Å². The normalized spacial score (nSPS) is 12.2. The number of halogens is 1. The summed E-state index contributed by atoms with van der Waals surface area (Å²) < 4.78 is 1.10. The van der Waals surface area contributed by atoms with Crippen molar-refractivity contribution < 1.29 is 0 Å².